The van der Waals surface area contributed by atoms with E-state index in [1.165, 1.54) is 37.9 Å². The Balaban J connectivity index is 1.67. The third-order valence-electron chi connectivity index (χ3n) is 3.49. The number of rotatable bonds is 4. The van der Waals surface area contributed by atoms with Gasteiger partial charge in [-0.3, -0.25) is 4.68 Å². The zero-order chi connectivity index (χ0) is 12.1. The Labute approximate surface area is 104 Å². The monoisotopic (exact) mass is 236 g/mol. The van der Waals surface area contributed by atoms with Crippen LogP contribution in [0.25, 0.3) is 0 Å². The molecule has 1 aromatic rings. The number of nitrogens with zero attached hydrogens (tertiary/aromatic N) is 3. The predicted molar refractivity (Wildman–Crippen MR) is 70.1 cm³/mol. The molecular weight excluding hydrogens is 212 g/mol. The summed E-state index contributed by atoms with van der Waals surface area (Å²) in [4.78, 5) is 2.43. The van der Waals surface area contributed by atoms with E-state index in [1.807, 2.05) is 10.9 Å². The van der Waals surface area contributed by atoms with Crippen LogP contribution >= 0.6 is 0 Å². The van der Waals surface area contributed by atoms with Crippen LogP contribution in [-0.4, -0.2) is 47.4 Å². The van der Waals surface area contributed by atoms with Gasteiger partial charge in [-0.15, -0.1) is 0 Å². The molecule has 0 aliphatic carbocycles. The minimum atomic E-state index is 0.691. The first kappa shape index (κ1) is 12.6. The Kier molecular flexibility index (Phi) is 4.57. The molecule has 1 aliphatic heterocycles. The third kappa shape index (κ3) is 4.13. The van der Waals surface area contributed by atoms with Crippen LogP contribution in [0.4, 0.5) is 0 Å². The molecule has 0 bridgehead atoms. The summed E-state index contributed by atoms with van der Waals surface area (Å²) < 4.78 is 2.02. The van der Waals surface area contributed by atoms with Crippen molar-refractivity contribution in [1.82, 2.24) is 20.0 Å². The van der Waals surface area contributed by atoms with Crippen molar-refractivity contribution in [2.75, 3.05) is 26.7 Å². The fourth-order valence-electron chi connectivity index (χ4n) is 2.42. The van der Waals surface area contributed by atoms with Crippen LogP contribution in [0.5, 0.6) is 0 Å². The SMILES string of the molecule is Cc1cnn(CCNC2CCCN(C)CC2)c1. The quantitative estimate of drug-likeness (QED) is 0.854. The fourth-order valence-corrected chi connectivity index (χ4v) is 2.42. The summed E-state index contributed by atoms with van der Waals surface area (Å²) in [6.07, 6.45) is 7.91. The molecule has 1 fully saturated rings. The van der Waals surface area contributed by atoms with Crippen molar-refractivity contribution in [3.8, 4) is 0 Å². The lowest BCUT2D eigenvalue weighted by molar-refractivity contribution is 0.343. The molecule has 1 aromatic heterocycles. The van der Waals surface area contributed by atoms with Crippen molar-refractivity contribution in [1.29, 1.82) is 0 Å². The second kappa shape index (κ2) is 6.17. The molecule has 17 heavy (non-hydrogen) atoms. The van der Waals surface area contributed by atoms with Crippen LogP contribution in [0.3, 0.4) is 0 Å². The van der Waals surface area contributed by atoms with Crippen molar-refractivity contribution >= 4 is 0 Å². The van der Waals surface area contributed by atoms with Crippen molar-refractivity contribution in [2.45, 2.75) is 38.8 Å². The van der Waals surface area contributed by atoms with E-state index in [0.29, 0.717) is 6.04 Å². The van der Waals surface area contributed by atoms with Crippen molar-refractivity contribution in [3.05, 3.63) is 18.0 Å². The first-order valence-electron chi connectivity index (χ1n) is 6.65. The molecule has 0 amide bonds. The summed E-state index contributed by atoms with van der Waals surface area (Å²) in [5.41, 5.74) is 1.24. The summed E-state index contributed by atoms with van der Waals surface area (Å²) in [5, 5.41) is 7.95. The van der Waals surface area contributed by atoms with Gasteiger partial charge < -0.3 is 10.2 Å². The maximum atomic E-state index is 4.30. The number of aryl methyl sites for hydroxylation is 1. The van der Waals surface area contributed by atoms with E-state index in [-0.39, 0.29) is 0 Å². The Morgan fingerprint density at radius 3 is 3.06 bits per heavy atom. The van der Waals surface area contributed by atoms with Crippen LogP contribution in [0.15, 0.2) is 12.4 Å². The highest BCUT2D eigenvalue weighted by molar-refractivity contribution is 4.99. The lowest BCUT2D eigenvalue weighted by Crippen LogP contribution is -2.32. The number of aromatic nitrogens is 2. The maximum Gasteiger partial charge on any atom is 0.0534 e. The highest BCUT2D eigenvalue weighted by Gasteiger charge is 2.13. The summed E-state index contributed by atoms with van der Waals surface area (Å²) in [6, 6.07) is 0.691. The summed E-state index contributed by atoms with van der Waals surface area (Å²) in [6.45, 7) is 6.54. The van der Waals surface area contributed by atoms with Gasteiger partial charge in [-0.1, -0.05) is 0 Å². The highest BCUT2D eigenvalue weighted by Crippen LogP contribution is 2.09. The maximum absolute atomic E-state index is 4.30. The Morgan fingerprint density at radius 2 is 2.29 bits per heavy atom. The number of hydrogen-bond acceptors (Lipinski definition) is 3. The van der Waals surface area contributed by atoms with Gasteiger partial charge in [0.25, 0.3) is 0 Å². The normalized spacial score (nSPS) is 22.6. The third-order valence-corrected chi connectivity index (χ3v) is 3.49. The first-order chi connectivity index (χ1) is 8.24. The molecule has 1 saturated heterocycles. The molecular formula is C13H24N4. The molecule has 0 radical (unpaired) electrons. The molecule has 1 unspecified atom stereocenters. The van der Waals surface area contributed by atoms with Gasteiger partial charge in [0, 0.05) is 18.8 Å². The number of hydrogen-bond donors (Lipinski definition) is 1. The van der Waals surface area contributed by atoms with Gasteiger partial charge in [0.2, 0.25) is 0 Å². The topological polar surface area (TPSA) is 33.1 Å². The second-order valence-corrected chi connectivity index (χ2v) is 5.17. The number of likely N-dealkylation sites (tertiary alicyclic amines) is 1. The van der Waals surface area contributed by atoms with Crippen LogP contribution in [0, 0.1) is 6.92 Å². The van der Waals surface area contributed by atoms with Gasteiger partial charge in [-0.05, 0) is 51.9 Å². The van der Waals surface area contributed by atoms with Crippen LogP contribution in [0.2, 0.25) is 0 Å². The van der Waals surface area contributed by atoms with Gasteiger partial charge in [-0.2, -0.15) is 5.10 Å². The molecule has 4 nitrogen and oxygen atoms in total. The Hall–Kier alpha value is -0.870. The predicted octanol–water partition coefficient (Wildman–Crippen LogP) is 1.27. The zero-order valence-corrected chi connectivity index (χ0v) is 11.0. The lowest BCUT2D eigenvalue weighted by Gasteiger charge is -2.16. The van der Waals surface area contributed by atoms with Gasteiger partial charge >= 0.3 is 0 Å². The van der Waals surface area contributed by atoms with E-state index in [2.05, 4.69) is 35.5 Å². The smallest absolute Gasteiger partial charge is 0.0534 e. The van der Waals surface area contributed by atoms with E-state index in [0.717, 1.165) is 13.1 Å². The van der Waals surface area contributed by atoms with E-state index in [4.69, 9.17) is 0 Å². The van der Waals surface area contributed by atoms with Crippen LogP contribution < -0.4 is 5.32 Å². The van der Waals surface area contributed by atoms with Gasteiger partial charge in [0.05, 0.1) is 12.7 Å². The molecule has 1 atom stereocenters. The molecule has 2 rings (SSSR count). The second-order valence-electron chi connectivity index (χ2n) is 5.17. The van der Waals surface area contributed by atoms with Crippen molar-refractivity contribution in [2.24, 2.45) is 0 Å². The largest absolute Gasteiger partial charge is 0.312 e. The highest BCUT2D eigenvalue weighted by atomic mass is 15.3. The molecule has 2 heterocycles. The summed E-state index contributed by atoms with van der Waals surface area (Å²) >= 11 is 0. The molecule has 0 saturated carbocycles. The minimum absolute atomic E-state index is 0.691. The van der Waals surface area contributed by atoms with Crippen molar-refractivity contribution < 1.29 is 0 Å². The molecule has 0 aromatic carbocycles. The lowest BCUT2D eigenvalue weighted by atomic mass is 10.1. The van der Waals surface area contributed by atoms with Crippen LogP contribution in [0.1, 0.15) is 24.8 Å². The Bertz CT molecular complexity index is 334. The van der Waals surface area contributed by atoms with Gasteiger partial charge in [0.15, 0.2) is 0 Å². The van der Waals surface area contributed by atoms with E-state index in [1.54, 1.807) is 0 Å². The molecule has 96 valence electrons. The average molecular weight is 236 g/mol. The molecule has 4 heteroatoms. The number of nitrogens with one attached hydrogen (secondary N) is 1. The van der Waals surface area contributed by atoms with Gasteiger partial charge in [-0.25, -0.2) is 0 Å². The average Bonchev–Trinajstić information content (AvgIpc) is 2.59. The van der Waals surface area contributed by atoms with E-state index >= 15 is 0 Å². The Morgan fingerprint density at radius 1 is 1.41 bits per heavy atom. The van der Waals surface area contributed by atoms with E-state index < -0.39 is 0 Å². The van der Waals surface area contributed by atoms with Crippen molar-refractivity contribution in [3.63, 3.8) is 0 Å². The fraction of sp³-hybridized carbons (Fsp3) is 0.769. The van der Waals surface area contributed by atoms with E-state index in [9.17, 15) is 0 Å². The standard InChI is InChI=1S/C13H24N4/c1-12-10-15-17(11-12)9-6-14-13-4-3-7-16(2)8-5-13/h10-11,13-14H,3-9H2,1-2H3. The molecule has 1 aliphatic rings. The zero-order valence-electron chi connectivity index (χ0n) is 11.0. The molecule has 1 N–H and O–H groups in total. The van der Waals surface area contributed by atoms with Gasteiger partial charge in [0.1, 0.15) is 0 Å². The summed E-state index contributed by atoms with van der Waals surface area (Å²) in [5.74, 6) is 0. The summed E-state index contributed by atoms with van der Waals surface area (Å²) in [7, 11) is 2.22. The first-order valence-corrected chi connectivity index (χ1v) is 6.65. The minimum Gasteiger partial charge on any atom is -0.312 e. The van der Waals surface area contributed by atoms with Crippen LogP contribution in [-0.2, 0) is 6.54 Å². The molecule has 0 spiro atoms.